The minimum atomic E-state index is 0.412. The molecule has 19 heavy (non-hydrogen) atoms. The molecule has 1 aromatic rings. The van der Waals surface area contributed by atoms with Crippen molar-refractivity contribution in [2.75, 3.05) is 13.1 Å². The van der Waals surface area contributed by atoms with Gasteiger partial charge in [-0.1, -0.05) is 44.2 Å². The number of aromatic nitrogens is 2. The summed E-state index contributed by atoms with van der Waals surface area (Å²) in [5.41, 5.74) is 0. The normalized spacial score (nSPS) is 30.2. The largest absolute Gasteiger partial charge is 0.339 e. The third-order valence-corrected chi connectivity index (χ3v) is 4.76. The van der Waals surface area contributed by atoms with E-state index in [2.05, 4.69) is 17.4 Å². The standard InChI is InChI=1S/C15H25N3O/c1-11-9-16-10-13(11)15-17-14(18-19-15)12-7-5-3-2-4-6-8-12/h11-13,16H,2-10H2,1H3/t11-,13-/m1/s1. The van der Waals surface area contributed by atoms with Crippen molar-refractivity contribution in [2.24, 2.45) is 5.92 Å². The van der Waals surface area contributed by atoms with Crippen molar-refractivity contribution in [3.05, 3.63) is 11.7 Å². The quantitative estimate of drug-likeness (QED) is 0.890. The average Bonchev–Trinajstić information content (AvgIpc) is 2.97. The number of hydrogen-bond donors (Lipinski definition) is 1. The van der Waals surface area contributed by atoms with Gasteiger partial charge in [0.2, 0.25) is 5.89 Å². The van der Waals surface area contributed by atoms with Crippen LogP contribution in [-0.4, -0.2) is 23.2 Å². The molecule has 0 spiro atoms. The van der Waals surface area contributed by atoms with Gasteiger partial charge in [-0.15, -0.1) is 0 Å². The van der Waals surface area contributed by atoms with E-state index in [1.54, 1.807) is 0 Å². The summed E-state index contributed by atoms with van der Waals surface area (Å²) >= 11 is 0. The first-order chi connectivity index (χ1) is 9.34. The van der Waals surface area contributed by atoms with Gasteiger partial charge < -0.3 is 9.84 Å². The summed E-state index contributed by atoms with van der Waals surface area (Å²) in [5, 5.41) is 7.68. The highest BCUT2D eigenvalue weighted by atomic mass is 16.5. The van der Waals surface area contributed by atoms with Crippen LogP contribution in [0.2, 0.25) is 0 Å². The molecule has 1 aliphatic heterocycles. The third kappa shape index (κ3) is 2.99. The van der Waals surface area contributed by atoms with Crippen molar-refractivity contribution in [2.45, 2.75) is 63.7 Å². The predicted molar refractivity (Wildman–Crippen MR) is 74.1 cm³/mol. The highest BCUT2D eigenvalue weighted by molar-refractivity contribution is 5.03. The van der Waals surface area contributed by atoms with Gasteiger partial charge in [-0.05, 0) is 25.3 Å². The van der Waals surface area contributed by atoms with Crippen LogP contribution in [0.4, 0.5) is 0 Å². The van der Waals surface area contributed by atoms with E-state index in [1.807, 2.05) is 0 Å². The van der Waals surface area contributed by atoms with Crippen LogP contribution in [-0.2, 0) is 0 Å². The van der Waals surface area contributed by atoms with Gasteiger partial charge in [0.05, 0.1) is 5.92 Å². The average molecular weight is 263 g/mol. The Labute approximate surface area is 115 Å². The molecule has 4 heteroatoms. The van der Waals surface area contributed by atoms with Gasteiger partial charge in [0.15, 0.2) is 5.82 Å². The summed E-state index contributed by atoms with van der Waals surface area (Å²) in [7, 11) is 0. The first kappa shape index (κ1) is 13.1. The molecule has 2 heterocycles. The molecule has 106 valence electrons. The van der Waals surface area contributed by atoms with Crippen LogP contribution in [0.1, 0.15) is 75.4 Å². The van der Waals surface area contributed by atoms with E-state index < -0.39 is 0 Å². The zero-order valence-corrected chi connectivity index (χ0v) is 11.9. The minimum Gasteiger partial charge on any atom is -0.339 e. The van der Waals surface area contributed by atoms with Crippen molar-refractivity contribution >= 4 is 0 Å². The first-order valence-electron chi connectivity index (χ1n) is 7.89. The molecule has 0 amide bonds. The van der Waals surface area contributed by atoms with Crippen LogP contribution in [0.5, 0.6) is 0 Å². The van der Waals surface area contributed by atoms with Crippen LogP contribution in [0.15, 0.2) is 4.52 Å². The van der Waals surface area contributed by atoms with Gasteiger partial charge in [0.25, 0.3) is 0 Å². The maximum absolute atomic E-state index is 5.54. The molecule has 1 saturated carbocycles. The summed E-state index contributed by atoms with van der Waals surface area (Å²) in [5.74, 6) is 3.37. The molecule has 0 aromatic carbocycles. The lowest BCUT2D eigenvalue weighted by Gasteiger charge is -2.16. The topological polar surface area (TPSA) is 51.0 Å². The maximum atomic E-state index is 5.54. The summed E-state index contributed by atoms with van der Waals surface area (Å²) in [6.45, 7) is 4.30. The van der Waals surface area contributed by atoms with Gasteiger partial charge in [-0.25, -0.2) is 0 Å². The smallest absolute Gasteiger partial charge is 0.231 e. The van der Waals surface area contributed by atoms with E-state index in [0.29, 0.717) is 17.8 Å². The molecule has 2 aliphatic rings. The summed E-state index contributed by atoms with van der Waals surface area (Å²) in [6.07, 6.45) is 9.23. The summed E-state index contributed by atoms with van der Waals surface area (Å²) < 4.78 is 5.54. The second kappa shape index (κ2) is 6.04. The number of nitrogens with zero attached hydrogens (tertiary/aromatic N) is 2. The Morgan fingerprint density at radius 2 is 1.79 bits per heavy atom. The maximum Gasteiger partial charge on any atom is 0.231 e. The van der Waals surface area contributed by atoms with E-state index >= 15 is 0 Å². The third-order valence-electron chi connectivity index (χ3n) is 4.76. The minimum absolute atomic E-state index is 0.412. The van der Waals surface area contributed by atoms with E-state index in [0.717, 1.165) is 24.8 Å². The summed E-state index contributed by atoms with van der Waals surface area (Å²) in [4.78, 5) is 4.72. The van der Waals surface area contributed by atoms with Crippen LogP contribution < -0.4 is 5.32 Å². The molecule has 1 aromatic heterocycles. The Balaban J connectivity index is 1.69. The second-order valence-corrected chi connectivity index (χ2v) is 6.27. The predicted octanol–water partition coefficient (Wildman–Crippen LogP) is 3.22. The van der Waals surface area contributed by atoms with Gasteiger partial charge in [0, 0.05) is 12.5 Å². The lowest BCUT2D eigenvalue weighted by molar-refractivity contribution is 0.331. The second-order valence-electron chi connectivity index (χ2n) is 6.27. The highest BCUT2D eigenvalue weighted by Gasteiger charge is 2.30. The van der Waals surface area contributed by atoms with Crippen LogP contribution in [0, 0.1) is 5.92 Å². The summed E-state index contributed by atoms with van der Waals surface area (Å²) in [6, 6.07) is 0. The molecule has 1 N–H and O–H groups in total. The van der Waals surface area contributed by atoms with Crippen molar-refractivity contribution in [1.29, 1.82) is 0 Å². The molecule has 4 nitrogen and oxygen atoms in total. The fraction of sp³-hybridized carbons (Fsp3) is 0.867. The lowest BCUT2D eigenvalue weighted by atomic mass is 9.90. The Morgan fingerprint density at radius 1 is 1.05 bits per heavy atom. The van der Waals surface area contributed by atoms with Gasteiger partial charge >= 0.3 is 0 Å². The zero-order chi connectivity index (χ0) is 13.1. The SMILES string of the molecule is C[C@@H]1CNC[C@H]1c1nc(C2CCCCCCC2)no1. The van der Waals surface area contributed by atoms with E-state index in [-0.39, 0.29) is 0 Å². The first-order valence-corrected chi connectivity index (χ1v) is 7.89. The molecular weight excluding hydrogens is 238 g/mol. The fourth-order valence-corrected chi connectivity index (χ4v) is 3.42. The van der Waals surface area contributed by atoms with Crippen LogP contribution in [0.25, 0.3) is 0 Å². The molecule has 2 fully saturated rings. The van der Waals surface area contributed by atoms with Crippen molar-refractivity contribution < 1.29 is 4.52 Å². The Morgan fingerprint density at radius 3 is 2.47 bits per heavy atom. The van der Waals surface area contributed by atoms with Crippen molar-refractivity contribution in [1.82, 2.24) is 15.5 Å². The molecule has 0 unspecified atom stereocenters. The number of rotatable bonds is 2. The van der Waals surface area contributed by atoms with E-state index in [4.69, 9.17) is 9.51 Å². The molecule has 0 radical (unpaired) electrons. The van der Waals surface area contributed by atoms with Gasteiger partial charge in [-0.2, -0.15) is 4.98 Å². The fourth-order valence-electron chi connectivity index (χ4n) is 3.42. The number of nitrogens with one attached hydrogen (secondary N) is 1. The zero-order valence-electron chi connectivity index (χ0n) is 11.9. The molecule has 1 aliphatic carbocycles. The molecule has 0 bridgehead atoms. The Hall–Kier alpha value is -0.900. The van der Waals surface area contributed by atoms with Crippen molar-refractivity contribution in [3.63, 3.8) is 0 Å². The van der Waals surface area contributed by atoms with E-state index in [9.17, 15) is 0 Å². The molecule has 2 atom stereocenters. The van der Waals surface area contributed by atoms with Crippen LogP contribution >= 0.6 is 0 Å². The van der Waals surface area contributed by atoms with E-state index in [1.165, 1.54) is 44.9 Å². The number of hydrogen-bond acceptors (Lipinski definition) is 4. The van der Waals surface area contributed by atoms with Gasteiger partial charge in [-0.3, -0.25) is 0 Å². The molecule has 3 rings (SSSR count). The van der Waals surface area contributed by atoms with Crippen LogP contribution in [0.3, 0.4) is 0 Å². The monoisotopic (exact) mass is 263 g/mol. The molecule has 1 saturated heterocycles. The molecular formula is C15H25N3O. The Bertz CT molecular complexity index is 396. The lowest BCUT2D eigenvalue weighted by Crippen LogP contribution is -2.09. The van der Waals surface area contributed by atoms with Gasteiger partial charge in [0.1, 0.15) is 0 Å². The Kier molecular flexibility index (Phi) is 4.16. The van der Waals surface area contributed by atoms with Crippen molar-refractivity contribution in [3.8, 4) is 0 Å². The highest BCUT2D eigenvalue weighted by Crippen LogP contribution is 2.32.